The van der Waals surface area contributed by atoms with E-state index < -0.39 is 12.1 Å². The Bertz CT molecular complexity index is 672. The topological polar surface area (TPSA) is 46.5 Å². The maximum Gasteiger partial charge on any atom is 0.490 e. The fourth-order valence-electron chi connectivity index (χ4n) is 1.69. The van der Waals surface area contributed by atoms with Gasteiger partial charge in [-0.2, -0.15) is 13.2 Å². The number of ether oxygens (including phenoxy) is 1. The van der Waals surface area contributed by atoms with Crippen molar-refractivity contribution in [1.82, 2.24) is 0 Å². The smallest absolute Gasteiger partial charge is 0.475 e. The first-order valence-electron chi connectivity index (χ1n) is 7.13. The van der Waals surface area contributed by atoms with E-state index in [0.717, 1.165) is 11.5 Å². The van der Waals surface area contributed by atoms with E-state index in [1.807, 2.05) is 12.1 Å². The van der Waals surface area contributed by atoms with Gasteiger partial charge < -0.3 is 9.84 Å². The molecule has 0 aliphatic heterocycles. The van der Waals surface area contributed by atoms with E-state index in [9.17, 15) is 13.2 Å². The van der Waals surface area contributed by atoms with Crippen LogP contribution in [0.3, 0.4) is 0 Å². The number of hydrogen-bond acceptors (Lipinski definition) is 2. The number of halogens is 3. The number of rotatable bonds is 2. The minimum Gasteiger partial charge on any atom is -0.475 e. The van der Waals surface area contributed by atoms with E-state index in [1.54, 1.807) is 0 Å². The van der Waals surface area contributed by atoms with Gasteiger partial charge in [0.2, 0.25) is 0 Å². The van der Waals surface area contributed by atoms with Crippen molar-refractivity contribution in [2.75, 3.05) is 0 Å². The first kappa shape index (κ1) is 19.5. The van der Waals surface area contributed by atoms with Crippen LogP contribution in [0.25, 0.3) is 0 Å². The summed E-state index contributed by atoms with van der Waals surface area (Å²) in [7, 11) is 0. The van der Waals surface area contributed by atoms with Crippen LogP contribution in [0, 0.1) is 27.7 Å². The molecule has 0 aliphatic carbocycles. The Hall–Kier alpha value is -2.50. The average molecular weight is 340 g/mol. The second kappa shape index (κ2) is 7.86. The lowest BCUT2D eigenvalue weighted by molar-refractivity contribution is -0.192. The lowest BCUT2D eigenvalue weighted by Crippen LogP contribution is -2.21. The first-order chi connectivity index (χ1) is 11.0. The summed E-state index contributed by atoms with van der Waals surface area (Å²) >= 11 is 0. The van der Waals surface area contributed by atoms with Gasteiger partial charge in [0.1, 0.15) is 11.5 Å². The molecule has 0 heterocycles. The van der Waals surface area contributed by atoms with Crippen molar-refractivity contribution in [3.05, 3.63) is 58.7 Å². The van der Waals surface area contributed by atoms with Gasteiger partial charge >= 0.3 is 12.1 Å². The van der Waals surface area contributed by atoms with Crippen molar-refractivity contribution in [2.24, 2.45) is 0 Å². The van der Waals surface area contributed by atoms with Gasteiger partial charge in [0.05, 0.1) is 0 Å². The SMILES string of the molecule is Cc1ccc(Oc2ccc(C)c(C)c2)cc1C.O=C(O)C(F)(F)F. The van der Waals surface area contributed by atoms with Crippen LogP contribution in [-0.4, -0.2) is 17.3 Å². The van der Waals surface area contributed by atoms with Crippen LogP contribution in [0.15, 0.2) is 36.4 Å². The van der Waals surface area contributed by atoms with Crippen LogP contribution in [0.5, 0.6) is 11.5 Å². The largest absolute Gasteiger partial charge is 0.490 e. The number of carboxylic acids is 1. The molecule has 0 atom stereocenters. The lowest BCUT2D eigenvalue weighted by atomic mass is 10.1. The highest BCUT2D eigenvalue weighted by Crippen LogP contribution is 2.25. The molecule has 2 aromatic rings. The molecule has 0 bridgehead atoms. The van der Waals surface area contributed by atoms with Gasteiger partial charge in [-0.25, -0.2) is 4.79 Å². The summed E-state index contributed by atoms with van der Waals surface area (Å²) in [6, 6.07) is 12.3. The molecule has 6 heteroatoms. The quantitative estimate of drug-likeness (QED) is 0.802. The molecule has 0 fully saturated rings. The van der Waals surface area contributed by atoms with Gasteiger partial charge in [0.25, 0.3) is 0 Å². The van der Waals surface area contributed by atoms with E-state index in [1.165, 1.54) is 22.3 Å². The van der Waals surface area contributed by atoms with E-state index in [-0.39, 0.29) is 0 Å². The van der Waals surface area contributed by atoms with Crippen molar-refractivity contribution in [1.29, 1.82) is 0 Å². The second-order valence-electron chi connectivity index (χ2n) is 5.40. The summed E-state index contributed by atoms with van der Waals surface area (Å²) in [5.41, 5.74) is 5.09. The van der Waals surface area contributed by atoms with Gasteiger partial charge in [-0.15, -0.1) is 0 Å². The molecule has 0 aliphatic rings. The van der Waals surface area contributed by atoms with Crippen LogP contribution >= 0.6 is 0 Å². The Kier molecular flexibility index (Phi) is 6.40. The highest BCUT2D eigenvalue weighted by Gasteiger charge is 2.38. The second-order valence-corrected chi connectivity index (χ2v) is 5.40. The molecule has 130 valence electrons. The summed E-state index contributed by atoms with van der Waals surface area (Å²) in [6.45, 7) is 8.41. The number of benzene rings is 2. The molecule has 2 rings (SSSR count). The van der Waals surface area contributed by atoms with Gasteiger partial charge in [-0.3, -0.25) is 0 Å². The molecular formula is C18H19F3O3. The summed E-state index contributed by atoms with van der Waals surface area (Å²) in [6.07, 6.45) is -5.08. The molecule has 2 aromatic carbocycles. The first-order valence-corrected chi connectivity index (χ1v) is 7.13. The van der Waals surface area contributed by atoms with E-state index >= 15 is 0 Å². The average Bonchev–Trinajstić information content (AvgIpc) is 2.46. The predicted octanol–water partition coefficient (Wildman–Crippen LogP) is 5.35. The molecule has 0 amide bonds. The van der Waals surface area contributed by atoms with Crippen LogP contribution in [0.2, 0.25) is 0 Å². The number of alkyl halides is 3. The van der Waals surface area contributed by atoms with Crippen molar-refractivity contribution in [2.45, 2.75) is 33.9 Å². The maximum atomic E-state index is 10.6. The van der Waals surface area contributed by atoms with Crippen LogP contribution in [-0.2, 0) is 4.79 Å². The van der Waals surface area contributed by atoms with Crippen LogP contribution in [0.1, 0.15) is 22.3 Å². The van der Waals surface area contributed by atoms with Gasteiger partial charge in [-0.1, -0.05) is 12.1 Å². The fourth-order valence-corrected chi connectivity index (χ4v) is 1.69. The summed E-state index contributed by atoms with van der Waals surface area (Å²) in [5, 5.41) is 7.12. The van der Waals surface area contributed by atoms with Gasteiger partial charge in [0, 0.05) is 0 Å². The number of carbonyl (C=O) groups is 1. The minimum absolute atomic E-state index is 0.899. The third-order valence-corrected chi connectivity index (χ3v) is 3.43. The molecule has 0 saturated carbocycles. The zero-order valence-electron chi connectivity index (χ0n) is 13.9. The summed E-state index contributed by atoms with van der Waals surface area (Å²) in [5.74, 6) is -0.958. The molecule has 0 unspecified atom stereocenters. The van der Waals surface area contributed by atoms with Crippen LogP contribution < -0.4 is 4.74 Å². The Labute approximate surface area is 138 Å². The number of aryl methyl sites for hydroxylation is 4. The maximum absolute atomic E-state index is 10.6. The minimum atomic E-state index is -5.08. The Morgan fingerprint density at radius 3 is 1.42 bits per heavy atom. The molecule has 0 radical (unpaired) electrons. The lowest BCUT2D eigenvalue weighted by Gasteiger charge is -2.09. The van der Waals surface area contributed by atoms with Crippen LogP contribution in [0.4, 0.5) is 13.2 Å². The Morgan fingerprint density at radius 1 is 0.833 bits per heavy atom. The molecule has 0 aromatic heterocycles. The predicted molar refractivity (Wildman–Crippen MR) is 85.6 cm³/mol. The van der Waals surface area contributed by atoms with Crippen molar-refractivity contribution < 1.29 is 27.8 Å². The van der Waals surface area contributed by atoms with Crippen molar-refractivity contribution in [3.8, 4) is 11.5 Å². The van der Waals surface area contributed by atoms with Gasteiger partial charge in [-0.05, 0) is 74.2 Å². The van der Waals surface area contributed by atoms with Crippen molar-refractivity contribution in [3.63, 3.8) is 0 Å². The van der Waals surface area contributed by atoms with E-state index in [4.69, 9.17) is 14.6 Å². The summed E-state index contributed by atoms with van der Waals surface area (Å²) < 4.78 is 37.6. The van der Waals surface area contributed by atoms with E-state index in [0.29, 0.717) is 0 Å². The molecule has 1 N–H and O–H groups in total. The molecular weight excluding hydrogens is 321 g/mol. The highest BCUT2D eigenvalue weighted by atomic mass is 19.4. The molecule has 0 spiro atoms. The zero-order valence-corrected chi connectivity index (χ0v) is 13.9. The third-order valence-electron chi connectivity index (χ3n) is 3.43. The monoisotopic (exact) mass is 340 g/mol. The van der Waals surface area contributed by atoms with E-state index in [2.05, 4.69) is 52.0 Å². The normalized spacial score (nSPS) is 10.6. The summed E-state index contributed by atoms with van der Waals surface area (Å²) in [4.78, 5) is 8.90. The molecule has 24 heavy (non-hydrogen) atoms. The fraction of sp³-hybridized carbons (Fsp3) is 0.278. The third kappa shape index (κ3) is 5.95. The highest BCUT2D eigenvalue weighted by molar-refractivity contribution is 5.73. The Morgan fingerprint density at radius 2 is 1.17 bits per heavy atom. The van der Waals surface area contributed by atoms with Crippen molar-refractivity contribution >= 4 is 5.97 Å². The number of aliphatic carboxylic acids is 1. The van der Waals surface area contributed by atoms with Gasteiger partial charge in [0.15, 0.2) is 0 Å². The number of hydrogen-bond donors (Lipinski definition) is 1. The Balaban J connectivity index is 0.000000351. The number of carboxylic acid groups (broad SMARTS) is 1. The molecule has 0 saturated heterocycles. The zero-order chi connectivity index (χ0) is 18.5. The standard InChI is InChI=1S/C16H18O.C2HF3O2/c1-11-5-7-15(9-13(11)3)17-16-8-6-12(2)14(4)10-16;3-2(4,5)1(6)7/h5-10H,1-4H3;(H,6,7). The molecule has 3 nitrogen and oxygen atoms in total.